The number of likely N-dealkylation sites (N-methyl/N-ethyl adjacent to an activating group) is 1. The zero-order valence-electron chi connectivity index (χ0n) is 11.5. The minimum absolute atomic E-state index is 0.0661. The summed E-state index contributed by atoms with van der Waals surface area (Å²) < 4.78 is 13.7. The predicted molar refractivity (Wildman–Crippen MR) is 83.3 cm³/mol. The maximum absolute atomic E-state index is 13.7. The van der Waals surface area contributed by atoms with Gasteiger partial charge in [0.25, 0.3) is 0 Å². The lowest BCUT2D eigenvalue weighted by Gasteiger charge is -2.24. The van der Waals surface area contributed by atoms with Crippen LogP contribution in [0.1, 0.15) is 19.4 Å². The van der Waals surface area contributed by atoms with Crippen LogP contribution in [0.2, 0.25) is 5.02 Å². The molecule has 2 N–H and O–H groups in total. The summed E-state index contributed by atoms with van der Waals surface area (Å²) in [5, 5.41) is 0.261. The Balaban J connectivity index is 2.80. The maximum atomic E-state index is 13.7. The molecule has 1 unspecified atom stereocenters. The Morgan fingerprint density at radius 3 is 2.70 bits per heavy atom. The summed E-state index contributed by atoms with van der Waals surface area (Å²) in [7, 11) is 0. The van der Waals surface area contributed by atoms with Gasteiger partial charge < -0.3 is 10.6 Å². The number of rotatable bonds is 6. The standard InChI is InChI=1S/C14H18ClFN2OS/c1-3-18(8-9(2)14(17)20)13(19)7-10-11(15)5-4-6-12(10)16/h4-6,9H,3,7-8H2,1-2H3,(H2,17,20). The van der Waals surface area contributed by atoms with Gasteiger partial charge in [0.2, 0.25) is 5.91 Å². The first-order valence-electron chi connectivity index (χ1n) is 6.36. The number of carbonyl (C=O) groups is 1. The van der Waals surface area contributed by atoms with Crippen LogP contribution in [0.15, 0.2) is 18.2 Å². The number of thiocarbonyl (C=S) groups is 1. The Bertz CT molecular complexity index is 490. The van der Waals surface area contributed by atoms with Gasteiger partial charge in [0.15, 0.2) is 0 Å². The van der Waals surface area contributed by atoms with E-state index in [0.29, 0.717) is 18.1 Å². The molecule has 3 nitrogen and oxygen atoms in total. The zero-order chi connectivity index (χ0) is 15.3. The summed E-state index contributed by atoms with van der Waals surface area (Å²) >= 11 is 10.8. The average molecular weight is 317 g/mol. The molecule has 0 aromatic heterocycles. The number of halogens is 2. The van der Waals surface area contributed by atoms with Crippen molar-refractivity contribution in [2.45, 2.75) is 20.3 Å². The summed E-state index contributed by atoms with van der Waals surface area (Å²) in [6.45, 7) is 4.65. The minimum Gasteiger partial charge on any atom is -0.393 e. The molecule has 0 heterocycles. The molecule has 0 aliphatic rings. The Morgan fingerprint density at radius 1 is 1.55 bits per heavy atom. The van der Waals surface area contributed by atoms with Crippen LogP contribution in [0.25, 0.3) is 0 Å². The molecule has 6 heteroatoms. The quantitative estimate of drug-likeness (QED) is 0.821. The van der Waals surface area contributed by atoms with Gasteiger partial charge in [-0.25, -0.2) is 4.39 Å². The van der Waals surface area contributed by atoms with E-state index in [4.69, 9.17) is 29.6 Å². The topological polar surface area (TPSA) is 46.3 Å². The number of hydrogen-bond acceptors (Lipinski definition) is 2. The Labute approximate surface area is 128 Å². The van der Waals surface area contributed by atoms with Crippen molar-refractivity contribution in [1.29, 1.82) is 0 Å². The smallest absolute Gasteiger partial charge is 0.227 e. The molecule has 110 valence electrons. The lowest BCUT2D eigenvalue weighted by molar-refractivity contribution is -0.130. The number of nitrogens with zero attached hydrogens (tertiary/aromatic N) is 1. The van der Waals surface area contributed by atoms with E-state index < -0.39 is 5.82 Å². The highest BCUT2D eigenvalue weighted by atomic mass is 35.5. The molecule has 0 radical (unpaired) electrons. The summed E-state index contributed by atoms with van der Waals surface area (Å²) in [4.78, 5) is 14.2. The molecule has 0 spiro atoms. The van der Waals surface area contributed by atoms with Gasteiger partial charge in [0.05, 0.1) is 11.4 Å². The Morgan fingerprint density at radius 2 is 2.20 bits per heavy atom. The predicted octanol–water partition coefficient (Wildman–Crippen LogP) is 2.79. The number of benzene rings is 1. The van der Waals surface area contributed by atoms with Gasteiger partial charge in [-0.1, -0.05) is 36.8 Å². The number of nitrogens with two attached hydrogens (primary N) is 1. The van der Waals surface area contributed by atoms with Crippen molar-refractivity contribution in [1.82, 2.24) is 4.90 Å². The SMILES string of the molecule is CCN(CC(C)C(N)=S)C(=O)Cc1c(F)cccc1Cl. The van der Waals surface area contributed by atoms with E-state index in [-0.39, 0.29) is 28.8 Å². The van der Waals surface area contributed by atoms with Gasteiger partial charge in [0, 0.05) is 29.6 Å². The normalized spacial score (nSPS) is 12.0. The van der Waals surface area contributed by atoms with Gasteiger partial charge in [-0.05, 0) is 19.1 Å². The fourth-order valence-electron chi connectivity index (χ4n) is 1.79. The van der Waals surface area contributed by atoms with Gasteiger partial charge in [-0.15, -0.1) is 0 Å². The second-order valence-electron chi connectivity index (χ2n) is 4.61. The second kappa shape index (κ2) is 7.55. The van der Waals surface area contributed by atoms with E-state index >= 15 is 0 Å². The molecule has 20 heavy (non-hydrogen) atoms. The van der Waals surface area contributed by atoms with Crippen LogP contribution in [-0.2, 0) is 11.2 Å². The van der Waals surface area contributed by atoms with Crippen LogP contribution in [0.5, 0.6) is 0 Å². The fraction of sp³-hybridized carbons (Fsp3) is 0.429. The maximum Gasteiger partial charge on any atom is 0.227 e. The first-order valence-corrected chi connectivity index (χ1v) is 7.15. The largest absolute Gasteiger partial charge is 0.393 e. The number of amides is 1. The summed E-state index contributed by atoms with van der Waals surface area (Å²) in [5.74, 6) is -0.739. The van der Waals surface area contributed by atoms with E-state index in [0.717, 1.165) is 0 Å². The monoisotopic (exact) mass is 316 g/mol. The summed E-state index contributed by atoms with van der Waals surface area (Å²) in [6, 6.07) is 4.38. The molecule has 0 aliphatic heterocycles. The molecule has 0 aliphatic carbocycles. The van der Waals surface area contributed by atoms with E-state index in [1.807, 2.05) is 13.8 Å². The molecule has 1 aromatic carbocycles. The van der Waals surface area contributed by atoms with Crippen LogP contribution < -0.4 is 5.73 Å². The average Bonchev–Trinajstić information content (AvgIpc) is 2.39. The molecule has 0 saturated carbocycles. The van der Waals surface area contributed by atoms with Crippen molar-refractivity contribution in [3.63, 3.8) is 0 Å². The van der Waals surface area contributed by atoms with Crippen molar-refractivity contribution < 1.29 is 9.18 Å². The van der Waals surface area contributed by atoms with E-state index in [1.165, 1.54) is 12.1 Å². The van der Waals surface area contributed by atoms with E-state index in [2.05, 4.69) is 0 Å². The van der Waals surface area contributed by atoms with E-state index in [9.17, 15) is 9.18 Å². The van der Waals surface area contributed by atoms with Crippen molar-refractivity contribution >= 4 is 34.7 Å². The summed E-state index contributed by atoms with van der Waals surface area (Å²) in [6.07, 6.45) is -0.0661. The molecule has 1 amide bonds. The van der Waals surface area contributed by atoms with Crippen molar-refractivity contribution in [2.75, 3.05) is 13.1 Å². The van der Waals surface area contributed by atoms with Crippen molar-refractivity contribution in [3.8, 4) is 0 Å². The molecular formula is C14H18ClFN2OS. The Hall–Kier alpha value is -1.20. The van der Waals surface area contributed by atoms with Crippen LogP contribution >= 0.6 is 23.8 Å². The van der Waals surface area contributed by atoms with Gasteiger partial charge in [-0.3, -0.25) is 4.79 Å². The van der Waals surface area contributed by atoms with Crippen LogP contribution in [0.4, 0.5) is 4.39 Å². The Kier molecular flexibility index (Phi) is 6.36. The number of carbonyl (C=O) groups excluding carboxylic acids is 1. The van der Waals surface area contributed by atoms with Gasteiger partial charge >= 0.3 is 0 Å². The summed E-state index contributed by atoms with van der Waals surface area (Å²) in [5.41, 5.74) is 5.78. The van der Waals surface area contributed by atoms with Crippen molar-refractivity contribution in [2.24, 2.45) is 11.7 Å². The highest BCUT2D eigenvalue weighted by Gasteiger charge is 2.19. The second-order valence-corrected chi connectivity index (χ2v) is 5.49. The van der Waals surface area contributed by atoms with Crippen LogP contribution in [0, 0.1) is 11.7 Å². The third-order valence-corrected chi connectivity index (χ3v) is 3.86. The highest BCUT2D eigenvalue weighted by Crippen LogP contribution is 2.20. The lowest BCUT2D eigenvalue weighted by Crippen LogP contribution is -2.39. The fourth-order valence-corrected chi connectivity index (χ4v) is 2.10. The molecule has 0 bridgehead atoms. The van der Waals surface area contributed by atoms with Crippen molar-refractivity contribution in [3.05, 3.63) is 34.6 Å². The molecular weight excluding hydrogens is 299 g/mol. The molecule has 1 atom stereocenters. The lowest BCUT2D eigenvalue weighted by atomic mass is 10.1. The van der Waals surface area contributed by atoms with E-state index in [1.54, 1.807) is 11.0 Å². The molecule has 1 rings (SSSR count). The number of hydrogen-bond donors (Lipinski definition) is 1. The van der Waals surface area contributed by atoms with Crippen LogP contribution in [0.3, 0.4) is 0 Å². The highest BCUT2D eigenvalue weighted by molar-refractivity contribution is 7.80. The van der Waals surface area contributed by atoms with Gasteiger partial charge in [-0.2, -0.15) is 0 Å². The third-order valence-electron chi connectivity index (χ3n) is 3.10. The molecule has 1 aromatic rings. The van der Waals surface area contributed by atoms with Gasteiger partial charge in [0.1, 0.15) is 5.82 Å². The zero-order valence-corrected chi connectivity index (χ0v) is 13.1. The van der Waals surface area contributed by atoms with Crippen LogP contribution in [-0.4, -0.2) is 28.9 Å². The molecule has 0 saturated heterocycles. The first kappa shape index (κ1) is 16.9. The molecule has 0 fully saturated rings. The minimum atomic E-state index is -0.468. The first-order chi connectivity index (χ1) is 9.36. The third kappa shape index (κ3) is 4.42.